The molecule has 0 bridgehead atoms. The maximum atomic E-state index is 10.8. The second-order valence-corrected chi connectivity index (χ2v) is 6.39. The lowest BCUT2D eigenvalue weighted by Crippen LogP contribution is -2.38. The van der Waals surface area contributed by atoms with Gasteiger partial charge in [0.15, 0.2) is 12.6 Å². The van der Waals surface area contributed by atoms with Gasteiger partial charge in [0.2, 0.25) is 0 Å². The molecule has 142 valence electrons. The van der Waals surface area contributed by atoms with Crippen LogP contribution in [0.1, 0.15) is 17.4 Å². The summed E-state index contributed by atoms with van der Waals surface area (Å²) in [4.78, 5) is 16.7. The molecule has 8 heteroatoms. The number of carbonyl (C=O) groups is 1. The number of guanidine groups is 1. The molecule has 2 aromatic rings. The van der Waals surface area contributed by atoms with Crippen LogP contribution in [-0.4, -0.2) is 31.6 Å². The van der Waals surface area contributed by atoms with Crippen molar-refractivity contribution in [2.24, 2.45) is 10.7 Å². The highest BCUT2D eigenvalue weighted by Crippen LogP contribution is 2.14. The van der Waals surface area contributed by atoms with Crippen LogP contribution in [0, 0.1) is 0 Å². The third kappa shape index (κ3) is 8.52. The van der Waals surface area contributed by atoms with Crippen molar-refractivity contribution in [2.75, 3.05) is 19.7 Å². The number of ether oxygens (including phenoxy) is 1. The molecule has 0 saturated heterocycles. The number of nitrogens with two attached hydrogens (primary N) is 1. The number of hydrogen-bond donors (Lipinski definition) is 3. The first-order valence-corrected chi connectivity index (χ1v) is 9.10. The number of nitrogens with zero attached hydrogens (tertiary/aromatic N) is 1. The number of rotatable bonds is 9. The van der Waals surface area contributed by atoms with Crippen molar-refractivity contribution in [1.82, 2.24) is 10.6 Å². The van der Waals surface area contributed by atoms with Crippen LogP contribution >= 0.6 is 35.3 Å². The Hall–Kier alpha value is -1.81. The Morgan fingerprint density at radius 2 is 2.12 bits per heavy atom. The molecule has 0 aliphatic carbocycles. The lowest BCUT2D eigenvalue weighted by Gasteiger charge is -2.11. The van der Waals surface area contributed by atoms with Gasteiger partial charge in [-0.05, 0) is 42.5 Å². The highest BCUT2D eigenvalue weighted by atomic mass is 127. The molecule has 0 atom stereocenters. The summed E-state index contributed by atoms with van der Waals surface area (Å²) in [7, 11) is 0. The summed E-state index contributed by atoms with van der Waals surface area (Å²) in [6.45, 7) is 4.05. The van der Waals surface area contributed by atoms with Crippen molar-refractivity contribution < 1.29 is 9.53 Å². The molecule has 2 rings (SSSR count). The number of carbonyl (C=O) groups excluding carboxylic acids is 1. The number of thiophene rings is 1. The molecule has 0 radical (unpaired) electrons. The average Bonchev–Trinajstić information content (AvgIpc) is 3.12. The molecule has 6 nitrogen and oxygen atoms in total. The zero-order valence-electron chi connectivity index (χ0n) is 14.7. The summed E-state index contributed by atoms with van der Waals surface area (Å²) in [6, 6.07) is 11.7. The Morgan fingerprint density at radius 3 is 2.81 bits per heavy atom. The van der Waals surface area contributed by atoms with Gasteiger partial charge in [-0.1, -0.05) is 18.2 Å². The molecule has 0 saturated carbocycles. The van der Waals surface area contributed by atoms with E-state index in [2.05, 4.69) is 33.1 Å². The highest BCUT2D eigenvalue weighted by Gasteiger charge is 2.01. The van der Waals surface area contributed by atoms with Crippen LogP contribution in [0.3, 0.4) is 0 Å². The van der Waals surface area contributed by atoms with Crippen molar-refractivity contribution in [3.05, 3.63) is 52.2 Å². The van der Waals surface area contributed by atoms with Gasteiger partial charge in [0.25, 0.3) is 5.91 Å². The summed E-state index contributed by atoms with van der Waals surface area (Å²) < 4.78 is 5.32. The van der Waals surface area contributed by atoms with Crippen LogP contribution in [0.4, 0.5) is 0 Å². The normalized spacial score (nSPS) is 10.7. The van der Waals surface area contributed by atoms with E-state index >= 15 is 0 Å². The van der Waals surface area contributed by atoms with Gasteiger partial charge in [-0.15, -0.1) is 35.3 Å². The minimum absolute atomic E-state index is 0. The summed E-state index contributed by atoms with van der Waals surface area (Å²) in [6.07, 6.45) is 0.971. The molecule has 1 aromatic heterocycles. The lowest BCUT2D eigenvalue weighted by atomic mass is 10.2. The van der Waals surface area contributed by atoms with E-state index in [1.807, 2.05) is 25.1 Å². The summed E-state index contributed by atoms with van der Waals surface area (Å²) in [5, 5.41) is 8.66. The summed E-state index contributed by atoms with van der Waals surface area (Å²) >= 11 is 1.76. The van der Waals surface area contributed by atoms with Crippen LogP contribution in [0.2, 0.25) is 0 Å². The Morgan fingerprint density at radius 1 is 1.27 bits per heavy atom. The first kappa shape index (κ1) is 22.2. The van der Waals surface area contributed by atoms with Gasteiger partial charge in [-0.2, -0.15) is 0 Å². The smallest absolute Gasteiger partial charge is 0.255 e. The van der Waals surface area contributed by atoms with Crippen LogP contribution in [-0.2, 0) is 17.8 Å². The van der Waals surface area contributed by atoms with E-state index in [-0.39, 0.29) is 30.6 Å². The minimum Gasteiger partial charge on any atom is -0.484 e. The fourth-order valence-corrected chi connectivity index (χ4v) is 2.87. The SMILES string of the molecule is CCNC(=NCc1cccc(OCC(N)=O)c1)NCCc1cccs1.I. The van der Waals surface area contributed by atoms with E-state index in [1.54, 1.807) is 17.4 Å². The highest BCUT2D eigenvalue weighted by molar-refractivity contribution is 14.0. The largest absolute Gasteiger partial charge is 0.484 e. The van der Waals surface area contributed by atoms with Gasteiger partial charge in [-0.3, -0.25) is 4.79 Å². The number of nitrogens with one attached hydrogen (secondary N) is 2. The van der Waals surface area contributed by atoms with E-state index in [0.717, 1.165) is 31.0 Å². The fraction of sp³-hybridized carbons (Fsp3) is 0.333. The molecule has 1 heterocycles. The average molecular weight is 488 g/mol. The monoisotopic (exact) mass is 488 g/mol. The van der Waals surface area contributed by atoms with Crippen molar-refractivity contribution in [3.63, 3.8) is 0 Å². The molecule has 1 amide bonds. The molecule has 0 unspecified atom stereocenters. The summed E-state index contributed by atoms with van der Waals surface area (Å²) in [5.74, 6) is 0.900. The van der Waals surface area contributed by atoms with E-state index in [4.69, 9.17) is 10.5 Å². The van der Waals surface area contributed by atoms with E-state index in [1.165, 1.54) is 4.88 Å². The molecule has 0 spiro atoms. The molecular formula is C18H25IN4O2S. The van der Waals surface area contributed by atoms with Gasteiger partial charge in [0.1, 0.15) is 5.75 Å². The third-order valence-electron chi connectivity index (χ3n) is 3.29. The second-order valence-electron chi connectivity index (χ2n) is 5.35. The fourth-order valence-electron chi connectivity index (χ4n) is 2.16. The Labute approximate surface area is 175 Å². The van der Waals surface area contributed by atoms with Gasteiger partial charge in [-0.25, -0.2) is 4.99 Å². The van der Waals surface area contributed by atoms with Crippen molar-refractivity contribution in [3.8, 4) is 5.75 Å². The zero-order valence-corrected chi connectivity index (χ0v) is 17.9. The topological polar surface area (TPSA) is 88.7 Å². The van der Waals surface area contributed by atoms with Gasteiger partial charge in [0, 0.05) is 18.0 Å². The van der Waals surface area contributed by atoms with E-state index in [9.17, 15) is 4.79 Å². The first-order chi connectivity index (χ1) is 12.2. The number of hydrogen-bond acceptors (Lipinski definition) is 4. The van der Waals surface area contributed by atoms with Crippen molar-refractivity contribution >= 4 is 47.2 Å². The third-order valence-corrected chi connectivity index (χ3v) is 4.22. The minimum atomic E-state index is -0.493. The quantitative estimate of drug-likeness (QED) is 0.288. The van der Waals surface area contributed by atoms with E-state index < -0.39 is 5.91 Å². The van der Waals surface area contributed by atoms with Crippen LogP contribution in [0.15, 0.2) is 46.8 Å². The predicted molar refractivity (Wildman–Crippen MR) is 117 cm³/mol. The van der Waals surface area contributed by atoms with Crippen LogP contribution < -0.4 is 21.1 Å². The first-order valence-electron chi connectivity index (χ1n) is 8.22. The van der Waals surface area contributed by atoms with Gasteiger partial charge >= 0.3 is 0 Å². The number of aliphatic imine (C=N–C) groups is 1. The van der Waals surface area contributed by atoms with Crippen molar-refractivity contribution in [1.29, 1.82) is 0 Å². The molecule has 4 N–H and O–H groups in total. The number of benzene rings is 1. The number of halogens is 1. The van der Waals surface area contributed by atoms with E-state index in [0.29, 0.717) is 12.3 Å². The Bertz CT molecular complexity index is 692. The van der Waals surface area contributed by atoms with Crippen LogP contribution in [0.25, 0.3) is 0 Å². The molecule has 0 aliphatic heterocycles. The predicted octanol–water partition coefficient (Wildman–Crippen LogP) is 2.53. The lowest BCUT2D eigenvalue weighted by molar-refractivity contribution is -0.119. The molecule has 0 aliphatic rings. The maximum Gasteiger partial charge on any atom is 0.255 e. The standard InChI is InChI=1S/C18H24N4O2S.HI/c1-2-20-18(21-9-8-16-7-4-10-25-16)22-12-14-5-3-6-15(11-14)24-13-17(19)23;/h3-7,10-11H,2,8-9,12-13H2,1H3,(H2,19,23)(H2,20,21,22);1H. The summed E-state index contributed by atoms with van der Waals surface area (Å²) in [5.41, 5.74) is 6.09. The molecule has 26 heavy (non-hydrogen) atoms. The number of amides is 1. The van der Waals surface area contributed by atoms with Gasteiger partial charge < -0.3 is 21.1 Å². The molecule has 1 aromatic carbocycles. The maximum absolute atomic E-state index is 10.8. The molecular weight excluding hydrogens is 463 g/mol. The number of primary amides is 1. The zero-order chi connectivity index (χ0) is 17.9. The second kappa shape index (κ2) is 12.5. The van der Waals surface area contributed by atoms with Crippen molar-refractivity contribution in [2.45, 2.75) is 19.9 Å². The van der Waals surface area contributed by atoms with Crippen LogP contribution in [0.5, 0.6) is 5.75 Å². The Balaban J connectivity index is 0.00000338. The Kier molecular flexibility index (Phi) is 10.7. The molecule has 0 fully saturated rings. The van der Waals surface area contributed by atoms with Gasteiger partial charge in [0.05, 0.1) is 6.54 Å².